The van der Waals surface area contributed by atoms with Crippen LogP contribution in [0.25, 0.3) is 6.08 Å². The molecule has 0 fully saturated rings. The molecule has 10 heavy (non-hydrogen) atoms. The van der Waals surface area contributed by atoms with E-state index in [1.54, 1.807) is 12.4 Å². The molecule has 0 aliphatic rings. The van der Waals surface area contributed by atoms with Gasteiger partial charge in [-0.15, -0.1) is 0 Å². The van der Waals surface area contributed by atoms with E-state index >= 15 is 0 Å². The number of nitrogens with zero attached hydrogens (tertiary/aromatic N) is 1. The van der Waals surface area contributed by atoms with Gasteiger partial charge in [-0.05, 0) is 18.2 Å². The first-order valence-corrected chi connectivity index (χ1v) is 3.83. The van der Waals surface area contributed by atoms with Gasteiger partial charge in [0.1, 0.15) is 5.82 Å². The zero-order valence-corrected chi connectivity index (χ0v) is 6.51. The van der Waals surface area contributed by atoms with Crippen molar-refractivity contribution in [2.45, 2.75) is 6.42 Å². The zero-order valence-electron chi connectivity index (χ0n) is 5.62. The summed E-state index contributed by atoms with van der Waals surface area (Å²) in [6.07, 6.45) is 8.53. The second kappa shape index (κ2) is 4.17. The molecule has 0 amide bonds. The predicted octanol–water partition coefficient (Wildman–Crippen LogP) is 1.74. The quantitative estimate of drug-likeness (QED) is 0.638. The van der Waals surface area contributed by atoms with Gasteiger partial charge in [-0.2, -0.15) is 12.6 Å². The molecule has 0 saturated carbocycles. The first-order valence-electron chi connectivity index (χ1n) is 3.20. The van der Waals surface area contributed by atoms with Crippen LogP contribution in [0.2, 0.25) is 0 Å². The number of H-pyrrole nitrogens is 1. The van der Waals surface area contributed by atoms with Crippen molar-refractivity contribution in [1.82, 2.24) is 9.97 Å². The largest absolute Gasteiger partial charge is 0.345 e. The second-order valence-electron chi connectivity index (χ2n) is 1.89. The second-order valence-corrected chi connectivity index (χ2v) is 2.34. The van der Waals surface area contributed by atoms with E-state index in [0.29, 0.717) is 0 Å². The topological polar surface area (TPSA) is 28.7 Å². The molecule has 0 saturated heterocycles. The molecule has 1 rings (SSSR count). The molecule has 1 heterocycles. The van der Waals surface area contributed by atoms with Crippen molar-refractivity contribution in [1.29, 1.82) is 0 Å². The molecule has 0 radical (unpaired) electrons. The molecule has 0 unspecified atom stereocenters. The van der Waals surface area contributed by atoms with Crippen LogP contribution < -0.4 is 0 Å². The van der Waals surface area contributed by atoms with Gasteiger partial charge in [-0.3, -0.25) is 0 Å². The number of aromatic amines is 1. The number of allylic oxidation sites excluding steroid dienone is 1. The van der Waals surface area contributed by atoms with E-state index in [4.69, 9.17) is 0 Å². The number of nitrogens with one attached hydrogen (secondary N) is 1. The number of rotatable bonds is 3. The number of imidazole rings is 1. The minimum absolute atomic E-state index is 0.886. The molecule has 1 aromatic heterocycles. The Morgan fingerprint density at radius 2 is 2.60 bits per heavy atom. The van der Waals surface area contributed by atoms with Crippen LogP contribution in [-0.4, -0.2) is 15.7 Å². The van der Waals surface area contributed by atoms with Gasteiger partial charge in [0.15, 0.2) is 0 Å². The van der Waals surface area contributed by atoms with Gasteiger partial charge in [-0.25, -0.2) is 4.98 Å². The van der Waals surface area contributed by atoms with Gasteiger partial charge in [0.05, 0.1) is 0 Å². The normalized spacial score (nSPS) is 10.9. The minimum Gasteiger partial charge on any atom is -0.345 e. The SMILES string of the molecule is SCCC=Cc1ncc[nH]1. The highest BCUT2D eigenvalue weighted by atomic mass is 32.1. The van der Waals surface area contributed by atoms with Gasteiger partial charge in [0, 0.05) is 12.4 Å². The molecule has 1 aromatic rings. The van der Waals surface area contributed by atoms with Gasteiger partial charge in [0.2, 0.25) is 0 Å². The van der Waals surface area contributed by atoms with Crippen molar-refractivity contribution in [3.8, 4) is 0 Å². The maximum absolute atomic E-state index is 4.07. The molecule has 0 bridgehead atoms. The van der Waals surface area contributed by atoms with Gasteiger partial charge >= 0.3 is 0 Å². The first-order chi connectivity index (χ1) is 4.93. The van der Waals surface area contributed by atoms with Crippen molar-refractivity contribution in [2.75, 3.05) is 5.75 Å². The number of hydrogen-bond acceptors (Lipinski definition) is 2. The van der Waals surface area contributed by atoms with E-state index in [1.807, 2.05) is 12.2 Å². The van der Waals surface area contributed by atoms with Crippen LogP contribution in [0, 0.1) is 0 Å². The van der Waals surface area contributed by atoms with E-state index in [0.717, 1.165) is 18.0 Å². The summed E-state index contributed by atoms with van der Waals surface area (Å²) in [7, 11) is 0. The van der Waals surface area contributed by atoms with E-state index in [2.05, 4.69) is 22.6 Å². The summed E-state index contributed by atoms with van der Waals surface area (Å²) in [5.41, 5.74) is 0. The van der Waals surface area contributed by atoms with Crippen molar-refractivity contribution in [3.05, 3.63) is 24.3 Å². The fraction of sp³-hybridized carbons (Fsp3) is 0.286. The van der Waals surface area contributed by atoms with Crippen molar-refractivity contribution in [2.24, 2.45) is 0 Å². The Balaban J connectivity index is 2.40. The third-order valence-electron chi connectivity index (χ3n) is 1.09. The third kappa shape index (κ3) is 2.27. The summed E-state index contributed by atoms with van der Waals surface area (Å²) in [5.74, 6) is 1.79. The fourth-order valence-electron chi connectivity index (χ4n) is 0.638. The molecule has 2 nitrogen and oxygen atoms in total. The molecule has 1 N–H and O–H groups in total. The van der Waals surface area contributed by atoms with Crippen LogP contribution >= 0.6 is 12.6 Å². The average molecular weight is 154 g/mol. The lowest BCUT2D eigenvalue weighted by molar-refractivity contribution is 1.23. The monoisotopic (exact) mass is 154 g/mol. The van der Waals surface area contributed by atoms with Crippen molar-refractivity contribution < 1.29 is 0 Å². The van der Waals surface area contributed by atoms with Crippen LogP contribution in [0.3, 0.4) is 0 Å². The molecule has 0 aliphatic carbocycles. The number of hydrogen-bond donors (Lipinski definition) is 2. The molecule has 0 atom stereocenters. The molecule has 0 spiro atoms. The molecular formula is C7H10N2S. The summed E-state index contributed by atoms with van der Waals surface area (Å²) in [5, 5.41) is 0. The van der Waals surface area contributed by atoms with Crippen LogP contribution in [-0.2, 0) is 0 Å². The van der Waals surface area contributed by atoms with Crippen molar-refractivity contribution >= 4 is 18.7 Å². The van der Waals surface area contributed by atoms with E-state index < -0.39 is 0 Å². The summed E-state index contributed by atoms with van der Waals surface area (Å²) in [4.78, 5) is 6.99. The Hall–Kier alpha value is -0.700. The van der Waals surface area contributed by atoms with Crippen LogP contribution in [0.5, 0.6) is 0 Å². The molecule has 0 aliphatic heterocycles. The van der Waals surface area contributed by atoms with Gasteiger partial charge < -0.3 is 4.98 Å². The maximum Gasteiger partial charge on any atom is 0.129 e. The summed E-state index contributed by atoms with van der Waals surface area (Å²) < 4.78 is 0. The van der Waals surface area contributed by atoms with Crippen LogP contribution in [0.15, 0.2) is 18.5 Å². The van der Waals surface area contributed by atoms with E-state index in [-0.39, 0.29) is 0 Å². The molecule has 3 heteroatoms. The van der Waals surface area contributed by atoms with Crippen molar-refractivity contribution in [3.63, 3.8) is 0 Å². The van der Waals surface area contributed by atoms with Crippen LogP contribution in [0.1, 0.15) is 12.2 Å². The Labute approximate surface area is 65.8 Å². The highest BCUT2D eigenvalue weighted by Crippen LogP contribution is 1.94. The lowest BCUT2D eigenvalue weighted by Crippen LogP contribution is -1.73. The first kappa shape index (κ1) is 7.41. The Bertz CT molecular complexity index is 191. The lowest BCUT2D eigenvalue weighted by atomic mass is 10.4. The highest BCUT2D eigenvalue weighted by Gasteiger charge is 1.82. The Morgan fingerprint density at radius 3 is 3.20 bits per heavy atom. The molecule has 54 valence electrons. The smallest absolute Gasteiger partial charge is 0.129 e. The molecule has 0 aromatic carbocycles. The van der Waals surface area contributed by atoms with Gasteiger partial charge in [0.25, 0.3) is 0 Å². The predicted molar refractivity (Wildman–Crippen MR) is 46.1 cm³/mol. The van der Waals surface area contributed by atoms with E-state index in [9.17, 15) is 0 Å². The molecular weight excluding hydrogens is 144 g/mol. The van der Waals surface area contributed by atoms with Gasteiger partial charge in [-0.1, -0.05) is 6.08 Å². The highest BCUT2D eigenvalue weighted by molar-refractivity contribution is 7.80. The number of aromatic nitrogens is 2. The summed E-state index contributed by atoms with van der Waals surface area (Å²) >= 11 is 4.07. The lowest BCUT2D eigenvalue weighted by Gasteiger charge is -1.82. The van der Waals surface area contributed by atoms with E-state index in [1.165, 1.54) is 0 Å². The summed E-state index contributed by atoms with van der Waals surface area (Å²) in [6, 6.07) is 0. The fourth-order valence-corrected chi connectivity index (χ4v) is 0.787. The Kier molecular flexibility index (Phi) is 3.09. The minimum atomic E-state index is 0.886. The van der Waals surface area contributed by atoms with Crippen LogP contribution in [0.4, 0.5) is 0 Å². The standard InChI is InChI=1S/C7H10N2S/c10-6-2-1-3-7-8-4-5-9-7/h1,3-5,10H,2,6H2,(H,8,9). The zero-order chi connectivity index (χ0) is 7.23. The number of thiol groups is 1. The average Bonchev–Trinajstić information content (AvgIpc) is 2.41. The maximum atomic E-state index is 4.07. The summed E-state index contributed by atoms with van der Waals surface area (Å²) in [6.45, 7) is 0. The Morgan fingerprint density at radius 1 is 1.70 bits per heavy atom. The third-order valence-corrected chi connectivity index (χ3v) is 1.35.